The Hall–Kier alpha value is -0.950. The predicted octanol–water partition coefficient (Wildman–Crippen LogP) is 0.170. The van der Waals surface area contributed by atoms with E-state index in [1.807, 2.05) is 14.0 Å². The fraction of sp³-hybridized carbons (Fsp3) is 0.800. The molecule has 1 saturated heterocycles. The summed E-state index contributed by atoms with van der Waals surface area (Å²) < 4.78 is 26.7. The van der Waals surface area contributed by atoms with Crippen molar-refractivity contribution in [1.29, 1.82) is 0 Å². The highest BCUT2D eigenvalue weighted by Gasteiger charge is 2.37. The van der Waals surface area contributed by atoms with Gasteiger partial charge in [-0.2, -0.15) is 9.40 Å². The molecule has 96 valence electrons. The van der Waals surface area contributed by atoms with E-state index < -0.39 is 10.0 Å². The molecule has 1 aromatic rings. The summed E-state index contributed by atoms with van der Waals surface area (Å²) in [6, 6.07) is 0.0844. The van der Waals surface area contributed by atoms with Gasteiger partial charge in [-0.15, -0.1) is 0 Å². The van der Waals surface area contributed by atoms with Gasteiger partial charge in [0.1, 0.15) is 6.33 Å². The molecule has 0 amide bonds. The average Bonchev–Trinajstić information content (AvgIpc) is 2.73. The highest BCUT2D eigenvalue weighted by molar-refractivity contribution is 7.88. The van der Waals surface area contributed by atoms with Gasteiger partial charge in [0, 0.05) is 25.6 Å². The molecule has 0 radical (unpaired) electrons. The van der Waals surface area contributed by atoms with Gasteiger partial charge in [0.15, 0.2) is 5.82 Å². The molecule has 0 spiro atoms. The minimum atomic E-state index is -3.14. The van der Waals surface area contributed by atoms with Crippen LogP contribution in [0.1, 0.15) is 25.6 Å². The summed E-state index contributed by atoms with van der Waals surface area (Å²) in [5, 5.41) is 4.20. The summed E-state index contributed by atoms with van der Waals surface area (Å²) in [6.45, 7) is 1.95. The summed E-state index contributed by atoms with van der Waals surface area (Å²) in [5.41, 5.74) is 0. The normalized spacial score (nSPS) is 26.5. The van der Waals surface area contributed by atoms with Crippen LogP contribution in [-0.4, -0.2) is 45.8 Å². The number of sulfonamides is 1. The van der Waals surface area contributed by atoms with Crippen LogP contribution in [0, 0.1) is 0 Å². The summed E-state index contributed by atoms with van der Waals surface area (Å²) in [4.78, 5) is 4.15. The number of rotatable bonds is 3. The number of aromatic nitrogens is 3. The van der Waals surface area contributed by atoms with Gasteiger partial charge in [-0.3, -0.25) is 4.68 Å². The number of nitrogens with zero attached hydrogens (tertiary/aromatic N) is 4. The second kappa shape index (κ2) is 4.38. The lowest BCUT2D eigenvalue weighted by Gasteiger charge is -2.25. The van der Waals surface area contributed by atoms with E-state index in [9.17, 15) is 8.42 Å². The molecule has 2 atom stereocenters. The molecule has 1 aliphatic rings. The first-order valence-electron chi connectivity index (χ1n) is 5.71. The van der Waals surface area contributed by atoms with Crippen molar-refractivity contribution in [2.24, 2.45) is 7.05 Å². The highest BCUT2D eigenvalue weighted by atomic mass is 32.2. The molecule has 17 heavy (non-hydrogen) atoms. The summed E-state index contributed by atoms with van der Waals surface area (Å²) >= 11 is 0. The minimum Gasteiger partial charge on any atom is -0.256 e. The molecule has 6 nitrogen and oxygen atoms in total. The molecule has 0 aliphatic carbocycles. The van der Waals surface area contributed by atoms with E-state index in [1.165, 1.54) is 6.26 Å². The minimum absolute atomic E-state index is 0.00222. The Morgan fingerprint density at radius 3 is 2.71 bits per heavy atom. The zero-order valence-corrected chi connectivity index (χ0v) is 11.2. The first-order chi connectivity index (χ1) is 7.88. The van der Waals surface area contributed by atoms with E-state index in [-0.39, 0.29) is 12.1 Å². The number of aryl methyl sites for hydroxylation is 1. The summed E-state index contributed by atoms with van der Waals surface area (Å²) in [7, 11) is -1.34. The van der Waals surface area contributed by atoms with Crippen LogP contribution in [0.25, 0.3) is 0 Å². The fourth-order valence-electron chi connectivity index (χ4n) is 2.53. The lowest BCUT2D eigenvalue weighted by Crippen LogP contribution is -2.40. The Labute approximate surface area is 102 Å². The second-order valence-electron chi connectivity index (χ2n) is 4.71. The molecule has 0 bridgehead atoms. The molecule has 0 N–H and O–H groups in total. The third-order valence-electron chi connectivity index (χ3n) is 3.16. The molecule has 2 rings (SSSR count). The van der Waals surface area contributed by atoms with Gasteiger partial charge >= 0.3 is 0 Å². The maximum atomic E-state index is 11.7. The van der Waals surface area contributed by atoms with Gasteiger partial charge in [-0.25, -0.2) is 13.4 Å². The van der Waals surface area contributed by atoms with Gasteiger partial charge < -0.3 is 0 Å². The molecule has 2 heterocycles. The number of hydrogen-bond acceptors (Lipinski definition) is 4. The van der Waals surface area contributed by atoms with Crippen molar-refractivity contribution in [2.45, 2.75) is 38.3 Å². The zero-order valence-electron chi connectivity index (χ0n) is 10.4. The molecule has 1 aromatic heterocycles. The Kier molecular flexibility index (Phi) is 3.22. The van der Waals surface area contributed by atoms with Crippen LogP contribution in [0.4, 0.5) is 0 Å². The molecule has 2 unspecified atom stereocenters. The van der Waals surface area contributed by atoms with Crippen LogP contribution < -0.4 is 0 Å². The Balaban J connectivity index is 2.16. The van der Waals surface area contributed by atoms with Crippen molar-refractivity contribution in [2.75, 3.05) is 6.26 Å². The molecular weight excluding hydrogens is 240 g/mol. The van der Waals surface area contributed by atoms with E-state index in [2.05, 4.69) is 10.1 Å². The third kappa shape index (κ3) is 2.66. The first-order valence-corrected chi connectivity index (χ1v) is 7.56. The van der Waals surface area contributed by atoms with Crippen molar-refractivity contribution in [3.63, 3.8) is 0 Å². The standard InChI is InChI=1S/C10H18N4O2S/c1-8-4-5-9(14(8)17(3,15)16)6-10-11-7-13(2)12-10/h7-9H,4-6H2,1-3H3. The van der Waals surface area contributed by atoms with E-state index in [4.69, 9.17) is 0 Å². The lowest BCUT2D eigenvalue weighted by molar-refractivity contribution is 0.332. The van der Waals surface area contributed by atoms with Crippen LogP contribution >= 0.6 is 0 Å². The second-order valence-corrected chi connectivity index (χ2v) is 6.60. The van der Waals surface area contributed by atoms with Gasteiger partial charge in [0.05, 0.1) is 6.26 Å². The highest BCUT2D eigenvalue weighted by Crippen LogP contribution is 2.28. The molecule has 1 aliphatic heterocycles. The molecule has 0 aromatic carbocycles. The van der Waals surface area contributed by atoms with E-state index in [0.717, 1.165) is 12.8 Å². The quantitative estimate of drug-likeness (QED) is 0.775. The monoisotopic (exact) mass is 258 g/mol. The van der Waals surface area contributed by atoms with Crippen LogP contribution in [0.3, 0.4) is 0 Å². The predicted molar refractivity (Wildman–Crippen MR) is 63.9 cm³/mol. The Bertz CT molecular complexity index is 496. The zero-order chi connectivity index (χ0) is 12.6. The van der Waals surface area contributed by atoms with Crippen LogP contribution in [0.2, 0.25) is 0 Å². The Morgan fingerprint density at radius 1 is 1.47 bits per heavy atom. The van der Waals surface area contributed by atoms with E-state index >= 15 is 0 Å². The van der Waals surface area contributed by atoms with Crippen molar-refractivity contribution in [3.8, 4) is 0 Å². The lowest BCUT2D eigenvalue weighted by atomic mass is 10.1. The number of hydrogen-bond donors (Lipinski definition) is 0. The largest absolute Gasteiger partial charge is 0.256 e. The van der Waals surface area contributed by atoms with Crippen molar-refractivity contribution in [1.82, 2.24) is 19.1 Å². The maximum absolute atomic E-state index is 11.7. The molecule has 0 saturated carbocycles. The summed E-state index contributed by atoms with van der Waals surface area (Å²) in [5.74, 6) is 0.709. The Morgan fingerprint density at radius 2 is 2.18 bits per heavy atom. The van der Waals surface area contributed by atoms with Crippen molar-refractivity contribution < 1.29 is 8.42 Å². The van der Waals surface area contributed by atoms with E-state index in [0.29, 0.717) is 12.2 Å². The molecular formula is C10H18N4O2S. The van der Waals surface area contributed by atoms with Gasteiger partial charge in [-0.05, 0) is 19.8 Å². The topological polar surface area (TPSA) is 68.1 Å². The van der Waals surface area contributed by atoms with Gasteiger partial charge in [-0.1, -0.05) is 0 Å². The van der Waals surface area contributed by atoms with Crippen molar-refractivity contribution >= 4 is 10.0 Å². The summed E-state index contributed by atoms with van der Waals surface area (Å²) in [6.07, 6.45) is 5.29. The smallest absolute Gasteiger partial charge is 0.211 e. The van der Waals surface area contributed by atoms with Crippen LogP contribution in [-0.2, 0) is 23.5 Å². The first kappa shape index (κ1) is 12.5. The fourth-order valence-corrected chi connectivity index (χ4v) is 4.01. The molecule has 7 heteroatoms. The van der Waals surface area contributed by atoms with Crippen LogP contribution in [0.15, 0.2) is 6.33 Å². The molecule has 1 fully saturated rings. The SMILES string of the molecule is CC1CCC(Cc2ncn(C)n2)N1S(C)(=O)=O. The average molecular weight is 258 g/mol. The maximum Gasteiger partial charge on any atom is 0.211 e. The third-order valence-corrected chi connectivity index (χ3v) is 4.58. The van der Waals surface area contributed by atoms with Crippen molar-refractivity contribution in [3.05, 3.63) is 12.2 Å². The van der Waals surface area contributed by atoms with Crippen LogP contribution in [0.5, 0.6) is 0 Å². The van der Waals surface area contributed by atoms with Gasteiger partial charge in [0.25, 0.3) is 0 Å². The van der Waals surface area contributed by atoms with Gasteiger partial charge in [0.2, 0.25) is 10.0 Å². The van der Waals surface area contributed by atoms with E-state index in [1.54, 1.807) is 15.3 Å².